The molecule has 0 radical (unpaired) electrons. The number of aromatic nitrogens is 1. The molecule has 0 bridgehead atoms. The normalized spacial score (nSPS) is 11.9. The van der Waals surface area contributed by atoms with E-state index >= 15 is 0 Å². The predicted octanol–water partition coefficient (Wildman–Crippen LogP) is 3.83. The Labute approximate surface area is 102 Å². The molecule has 0 spiro atoms. The van der Waals surface area contributed by atoms with E-state index in [2.05, 4.69) is 55.7 Å². The molecule has 0 saturated carbocycles. The molecule has 2 heteroatoms. The number of fused-ring (bicyclic) bond motifs is 1. The first-order chi connectivity index (χ1) is 7.65. The van der Waals surface area contributed by atoms with Crippen molar-refractivity contribution in [3.8, 4) is 0 Å². The summed E-state index contributed by atoms with van der Waals surface area (Å²) in [7, 11) is 0. The van der Waals surface area contributed by atoms with Crippen molar-refractivity contribution in [2.75, 3.05) is 5.75 Å². The van der Waals surface area contributed by atoms with Gasteiger partial charge >= 0.3 is 0 Å². The number of hydrogen-bond acceptors (Lipinski definition) is 2. The van der Waals surface area contributed by atoms with Gasteiger partial charge in [0, 0.05) is 11.6 Å². The molecule has 2 rings (SSSR count). The highest BCUT2D eigenvalue weighted by Crippen LogP contribution is 2.32. The van der Waals surface area contributed by atoms with Crippen LogP contribution in [-0.4, -0.2) is 10.7 Å². The molecule has 1 aromatic heterocycles. The van der Waals surface area contributed by atoms with E-state index in [1.54, 1.807) is 0 Å². The molecule has 1 heterocycles. The third kappa shape index (κ3) is 2.07. The maximum Gasteiger partial charge on any atom is 0.0704 e. The fourth-order valence-electron chi connectivity index (χ4n) is 2.10. The highest BCUT2D eigenvalue weighted by atomic mass is 32.1. The first-order valence-corrected chi connectivity index (χ1v) is 6.23. The van der Waals surface area contributed by atoms with Crippen LogP contribution in [-0.2, 0) is 5.41 Å². The zero-order valence-electron chi connectivity index (χ0n) is 9.77. The van der Waals surface area contributed by atoms with Crippen LogP contribution in [0.5, 0.6) is 0 Å². The van der Waals surface area contributed by atoms with Gasteiger partial charge in [0.15, 0.2) is 0 Å². The molecule has 0 unspecified atom stereocenters. The summed E-state index contributed by atoms with van der Waals surface area (Å²) >= 11 is 4.34. The van der Waals surface area contributed by atoms with Crippen LogP contribution < -0.4 is 0 Å². The number of para-hydroxylation sites is 1. The molecule has 2 aromatic rings. The molecular weight excluding hydrogens is 214 g/mol. The Morgan fingerprint density at radius 3 is 2.69 bits per heavy atom. The first kappa shape index (κ1) is 11.5. The molecule has 0 aliphatic carbocycles. The molecule has 0 N–H and O–H groups in total. The smallest absolute Gasteiger partial charge is 0.0704 e. The van der Waals surface area contributed by atoms with Gasteiger partial charge in [0.25, 0.3) is 0 Å². The number of pyridine rings is 1. The molecule has 0 aliphatic rings. The monoisotopic (exact) mass is 231 g/mol. The minimum atomic E-state index is 0.157. The summed E-state index contributed by atoms with van der Waals surface area (Å²) < 4.78 is 0. The lowest BCUT2D eigenvalue weighted by molar-refractivity contribution is 0.515. The highest BCUT2D eigenvalue weighted by molar-refractivity contribution is 7.80. The number of benzene rings is 1. The van der Waals surface area contributed by atoms with E-state index in [1.807, 2.05) is 12.3 Å². The Balaban J connectivity index is 2.60. The van der Waals surface area contributed by atoms with Gasteiger partial charge in [0.05, 0.1) is 5.52 Å². The van der Waals surface area contributed by atoms with Crippen LogP contribution in [0.2, 0.25) is 0 Å². The van der Waals surface area contributed by atoms with Gasteiger partial charge in [-0.25, -0.2) is 0 Å². The van der Waals surface area contributed by atoms with E-state index in [9.17, 15) is 0 Å². The van der Waals surface area contributed by atoms with Crippen molar-refractivity contribution in [2.24, 2.45) is 0 Å². The summed E-state index contributed by atoms with van der Waals surface area (Å²) in [6, 6.07) is 10.5. The van der Waals surface area contributed by atoms with E-state index in [0.717, 1.165) is 17.7 Å². The maximum atomic E-state index is 4.40. The van der Waals surface area contributed by atoms with Gasteiger partial charge in [-0.2, -0.15) is 12.6 Å². The van der Waals surface area contributed by atoms with Crippen molar-refractivity contribution in [2.45, 2.75) is 25.7 Å². The Morgan fingerprint density at radius 1 is 1.19 bits per heavy atom. The second kappa shape index (κ2) is 4.46. The van der Waals surface area contributed by atoms with Crippen LogP contribution in [0.15, 0.2) is 36.5 Å². The van der Waals surface area contributed by atoms with Crippen LogP contribution in [0.25, 0.3) is 10.9 Å². The number of thiol groups is 1. The third-order valence-electron chi connectivity index (χ3n) is 3.11. The van der Waals surface area contributed by atoms with E-state index in [1.165, 1.54) is 10.9 Å². The van der Waals surface area contributed by atoms with Crippen LogP contribution in [0.1, 0.15) is 25.8 Å². The van der Waals surface area contributed by atoms with Crippen molar-refractivity contribution < 1.29 is 0 Å². The Hall–Kier alpha value is -1.02. The molecule has 0 fully saturated rings. The molecule has 84 valence electrons. The Morgan fingerprint density at radius 2 is 1.94 bits per heavy atom. The minimum absolute atomic E-state index is 0.157. The molecule has 1 nitrogen and oxygen atoms in total. The van der Waals surface area contributed by atoms with Crippen molar-refractivity contribution in [1.29, 1.82) is 0 Å². The van der Waals surface area contributed by atoms with Gasteiger partial charge in [-0.1, -0.05) is 32.0 Å². The fourth-order valence-corrected chi connectivity index (χ4v) is 2.66. The van der Waals surface area contributed by atoms with E-state index in [-0.39, 0.29) is 5.41 Å². The summed E-state index contributed by atoms with van der Waals surface area (Å²) in [6.07, 6.45) is 2.97. The second-order valence-corrected chi connectivity index (χ2v) is 5.18. The van der Waals surface area contributed by atoms with Crippen LogP contribution in [0.4, 0.5) is 0 Å². The van der Waals surface area contributed by atoms with Gasteiger partial charge in [-0.05, 0) is 35.3 Å². The van der Waals surface area contributed by atoms with E-state index in [4.69, 9.17) is 0 Å². The molecule has 1 aromatic carbocycles. The number of nitrogens with zero attached hydrogens (tertiary/aromatic N) is 1. The van der Waals surface area contributed by atoms with Crippen LogP contribution in [0.3, 0.4) is 0 Å². The minimum Gasteiger partial charge on any atom is -0.256 e. The van der Waals surface area contributed by atoms with Gasteiger partial charge < -0.3 is 0 Å². The molecule has 0 atom stereocenters. The van der Waals surface area contributed by atoms with Crippen molar-refractivity contribution >= 4 is 23.5 Å². The molecule has 0 saturated heterocycles. The van der Waals surface area contributed by atoms with Crippen LogP contribution in [0, 0.1) is 0 Å². The second-order valence-electron chi connectivity index (χ2n) is 4.73. The topological polar surface area (TPSA) is 12.9 Å². The van der Waals surface area contributed by atoms with Crippen molar-refractivity contribution in [1.82, 2.24) is 4.98 Å². The van der Waals surface area contributed by atoms with Crippen LogP contribution >= 0.6 is 12.6 Å². The molecule has 16 heavy (non-hydrogen) atoms. The lowest BCUT2D eigenvalue weighted by atomic mass is 9.80. The third-order valence-corrected chi connectivity index (χ3v) is 3.34. The van der Waals surface area contributed by atoms with Gasteiger partial charge in [-0.3, -0.25) is 4.98 Å². The Bertz CT molecular complexity index is 486. The molecular formula is C14H17NS. The van der Waals surface area contributed by atoms with Gasteiger partial charge in [0.1, 0.15) is 0 Å². The largest absolute Gasteiger partial charge is 0.256 e. The van der Waals surface area contributed by atoms with Gasteiger partial charge in [-0.15, -0.1) is 0 Å². The lowest BCUT2D eigenvalue weighted by Gasteiger charge is -2.25. The first-order valence-electron chi connectivity index (χ1n) is 5.60. The summed E-state index contributed by atoms with van der Waals surface area (Å²) in [5.74, 6) is 0.906. The zero-order valence-corrected chi connectivity index (χ0v) is 10.7. The van der Waals surface area contributed by atoms with E-state index < -0.39 is 0 Å². The summed E-state index contributed by atoms with van der Waals surface area (Å²) in [5, 5.41) is 1.26. The molecule has 0 amide bonds. The number of hydrogen-bond donors (Lipinski definition) is 1. The average Bonchev–Trinajstić information content (AvgIpc) is 2.28. The fraction of sp³-hybridized carbons (Fsp3) is 0.357. The highest BCUT2D eigenvalue weighted by Gasteiger charge is 2.21. The number of rotatable bonds is 3. The van der Waals surface area contributed by atoms with E-state index in [0.29, 0.717) is 0 Å². The summed E-state index contributed by atoms with van der Waals surface area (Å²) in [4.78, 5) is 4.40. The zero-order chi connectivity index (χ0) is 11.6. The lowest BCUT2D eigenvalue weighted by Crippen LogP contribution is -2.18. The molecule has 0 aliphatic heterocycles. The van der Waals surface area contributed by atoms with Crippen molar-refractivity contribution in [3.63, 3.8) is 0 Å². The quantitative estimate of drug-likeness (QED) is 0.792. The Kier molecular flexibility index (Phi) is 3.20. The van der Waals surface area contributed by atoms with Gasteiger partial charge in [0.2, 0.25) is 0 Å². The summed E-state index contributed by atoms with van der Waals surface area (Å²) in [5.41, 5.74) is 2.60. The average molecular weight is 231 g/mol. The SMILES string of the molecule is CC(C)(CCS)c1ccnc2ccccc12. The standard InChI is InChI=1S/C14H17NS/c1-14(2,8-10-16)12-7-9-15-13-6-4-3-5-11(12)13/h3-7,9,16H,8,10H2,1-2H3. The predicted molar refractivity (Wildman–Crippen MR) is 73.2 cm³/mol. The van der Waals surface area contributed by atoms with Crippen molar-refractivity contribution in [3.05, 3.63) is 42.1 Å². The maximum absolute atomic E-state index is 4.40. The summed E-state index contributed by atoms with van der Waals surface area (Å²) in [6.45, 7) is 4.54.